The highest BCUT2D eigenvalue weighted by Crippen LogP contribution is 2.54. The first-order chi connectivity index (χ1) is 18.3. The number of nitriles is 1. The van der Waals surface area contributed by atoms with Crippen molar-refractivity contribution < 1.29 is 108 Å². The predicted octanol–water partition coefficient (Wildman–Crippen LogP) is 2.10. The topological polar surface area (TPSA) is 194 Å². The Hall–Kier alpha value is -2.27. The minimum Gasteiger partial charge on any atom is -0.220 e. The Morgan fingerprint density at radius 1 is 0.488 bits per heavy atom. The van der Waals surface area contributed by atoms with Gasteiger partial charge in [0, 0.05) is 5.97 Å². The fourth-order valence-electron chi connectivity index (χ4n) is 2.93. The van der Waals surface area contributed by atoms with Gasteiger partial charge >= 0.3 is 34.3 Å². The lowest BCUT2D eigenvalue weighted by molar-refractivity contribution is -0.0453. The largest absolute Gasteiger partial charge is 0.501 e. The van der Waals surface area contributed by atoms with E-state index in [1.54, 1.807) is 0 Å². The average molecular weight is 763 g/mol. The molecule has 43 heavy (non-hydrogen) atoms. The second-order valence-corrected chi connectivity index (χ2v) is 16.8. The lowest BCUT2D eigenvalue weighted by Crippen LogP contribution is -2.55. The lowest BCUT2D eigenvalue weighted by atomic mass is 9.46. The molecule has 0 radical (unpaired) electrons. The van der Waals surface area contributed by atoms with Gasteiger partial charge in [0.15, 0.2) is 0 Å². The van der Waals surface area contributed by atoms with Gasteiger partial charge in [0.1, 0.15) is 15.0 Å². The third-order valence-corrected chi connectivity index (χ3v) is 13.4. The molecule has 0 aliphatic carbocycles. The van der Waals surface area contributed by atoms with Crippen LogP contribution in [0.25, 0.3) is 0 Å². The summed E-state index contributed by atoms with van der Waals surface area (Å²) in [5, 5.41) is 3.24. The van der Waals surface area contributed by atoms with Crippen LogP contribution in [0.5, 0.6) is 0 Å². The maximum absolute atomic E-state index is 13.4. The van der Waals surface area contributed by atoms with Gasteiger partial charge in [0.05, 0.1) is 9.71 Å². The van der Waals surface area contributed by atoms with Crippen molar-refractivity contribution in [1.82, 2.24) is 0 Å². The summed E-state index contributed by atoms with van der Waals surface area (Å²) in [5.41, 5.74) is -38.1. The van der Waals surface area contributed by atoms with Crippen LogP contribution in [0, 0.1) is 11.2 Å². The van der Waals surface area contributed by atoms with E-state index < -0.39 is 114 Å². The van der Waals surface area contributed by atoms with Gasteiger partial charge in [-0.05, 0) is 0 Å². The molecule has 1 aliphatic rings. The van der Waals surface area contributed by atoms with Gasteiger partial charge in [-0.25, -0.2) is 47.4 Å². The summed E-state index contributed by atoms with van der Waals surface area (Å²) < 4.78 is 322. The molecule has 1 atom stereocenters. The lowest BCUT2D eigenvalue weighted by Gasteiger charge is -2.33. The number of alkyl halides is 15. The first-order valence-corrected chi connectivity index (χ1v) is 16.2. The summed E-state index contributed by atoms with van der Waals surface area (Å²) in [5.74, 6) is -0.412. The van der Waals surface area contributed by atoms with Crippen LogP contribution in [0.4, 0.5) is 65.9 Å². The highest BCUT2D eigenvalue weighted by Gasteiger charge is 2.72. The Morgan fingerprint density at radius 2 is 0.791 bits per heavy atom. The van der Waals surface area contributed by atoms with E-state index in [9.17, 15) is 108 Å². The maximum atomic E-state index is 13.4. The SMILES string of the molecule is N#CB1C(S(=O)(=O)C(F)(F)F)=C(S(=O)(=O)C(F)(F)F)C(S(=O)(=O)C(F)(F)F)=C(S(=O)(=O)C(F)(F)F)C1S(=O)(=O)C(F)(F)F. The molecule has 0 fully saturated rings. The Balaban J connectivity index is 5.47. The maximum Gasteiger partial charge on any atom is 0.501 e. The van der Waals surface area contributed by atoms with Crippen LogP contribution in [0.1, 0.15) is 0 Å². The third-order valence-electron chi connectivity index (χ3n) is 4.63. The van der Waals surface area contributed by atoms with Crippen molar-refractivity contribution in [2.45, 2.75) is 32.7 Å². The Morgan fingerprint density at radius 3 is 1.05 bits per heavy atom. The average Bonchev–Trinajstić information content (AvgIpc) is 2.72. The molecule has 32 heteroatoms. The minimum atomic E-state index is -8.90. The first-order valence-electron chi connectivity index (χ1n) is 8.75. The summed E-state index contributed by atoms with van der Waals surface area (Å²) in [6, 6.07) is 0. The van der Waals surface area contributed by atoms with Crippen molar-refractivity contribution in [2.24, 2.45) is 0 Å². The van der Waals surface area contributed by atoms with Gasteiger partial charge in [0.2, 0.25) is 9.84 Å². The number of hydrogen-bond acceptors (Lipinski definition) is 11. The molecule has 0 N–H and O–H groups in total. The van der Waals surface area contributed by atoms with Crippen LogP contribution in [-0.4, -0.2) is 81.5 Å². The van der Waals surface area contributed by atoms with Gasteiger partial charge in [-0.1, -0.05) is 0 Å². The third kappa shape index (κ3) is 5.80. The molecule has 1 rings (SSSR count). The number of rotatable bonds is 5. The van der Waals surface area contributed by atoms with Crippen molar-refractivity contribution in [1.29, 1.82) is 5.26 Å². The van der Waals surface area contributed by atoms with E-state index in [4.69, 9.17) is 5.26 Å². The zero-order valence-electron chi connectivity index (χ0n) is 18.4. The van der Waals surface area contributed by atoms with Crippen LogP contribution < -0.4 is 0 Å². The zero-order chi connectivity index (χ0) is 35.2. The Labute approximate surface area is 227 Å². The van der Waals surface area contributed by atoms with Gasteiger partial charge in [-0.2, -0.15) is 65.9 Å². The van der Waals surface area contributed by atoms with E-state index >= 15 is 0 Å². The molecule has 0 saturated heterocycles. The first kappa shape index (κ1) is 38.8. The van der Waals surface area contributed by atoms with E-state index in [-0.39, 0.29) is 0 Å². The summed E-state index contributed by atoms with van der Waals surface area (Å²) >= 11 is 0. The fraction of sp³-hybridized carbons (Fsp3) is 0.545. The van der Waals surface area contributed by atoms with Crippen LogP contribution in [-0.2, 0) is 49.2 Å². The van der Waals surface area contributed by atoms with Crippen molar-refractivity contribution >= 4 is 55.9 Å². The second-order valence-electron chi connectivity index (χ2n) is 7.20. The molecule has 11 nitrogen and oxygen atoms in total. The van der Waals surface area contributed by atoms with Gasteiger partial charge in [-0.3, -0.25) is 0 Å². The van der Waals surface area contributed by atoms with Gasteiger partial charge in [-0.15, -0.1) is 0 Å². The van der Waals surface area contributed by atoms with E-state index in [1.807, 2.05) is 0 Å². The van der Waals surface area contributed by atoms with Crippen molar-refractivity contribution in [3.8, 4) is 5.97 Å². The minimum absolute atomic E-state index is 0.412. The molecular formula is C11HBF15NO10S5. The molecule has 248 valence electrons. The number of nitrogens with zero attached hydrogens (tertiary/aromatic N) is 1. The van der Waals surface area contributed by atoms with E-state index in [0.717, 1.165) is 0 Å². The standard InChI is InChI=1S/C11HBF15NO10S5/c13-7(14,15)39(29,30)2-3(40(31,32)8(16,17)18)5(42(35,36)10(22,23)24)12(1-28)6(43(37,38)11(25,26)27)4(2)41(33,34)9(19,20)21/h5H. The van der Waals surface area contributed by atoms with Crippen LogP contribution >= 0.6 is 0 Å². The highest BCUT2D eigenvalue weighted by atomic mass is 32.2. The molecule has 0 aromatic rings. The molecule has 1 aliphatic heterocycles. The molecule has 1 heterocycles. The van der Waals surface area contributed by atoms with E-state index in [2.05, 4.69) is 0 Å². The normalized spacial score (nSPS) is 19.5. The van der Waals surface area contributed by atoms with Crippen molar-refractivity contribution in [3.63, 3.8) is 0 Å². The van der Waals surface area contributed by atoms with Crippen LogP contribution in [0.3, 0.4) is 0 Å². The number of halogens is 15. The molecule has 0 aromatic carbocycles. The molecule has 1 unspecified atom stereocenters. The van der Waals surface area contributed by atoms with Crippen LogP contribution in [0.2, 0.25) is 0 Å². The number of sulfone groups is 5. The van der Waals surface area contributed by atoms with Crippen LogP contribution in [0.15, 0.2) is 19.5 Å². The molecular weight excluding hydrogens is 762 g/mol. The van der Waals surface area contributed by atoms with E-state index in [0.29, 0.717) is 0 Å². The predicted molar refractivity (Wildman–Crippen MR) is 104 cm³/mol. The zero-order valence-corrected chi connectivity index (χ0v) is 22.5. The highest BCUT2D eigenvalue weighted by molar-refractivity contribution is 8.06. The van der Waals surface area contributed by atoms with Crippen molar-refractivity contribution in [3.05, 3.63) is 19.5 Å². The Kier molecular flexibility index (Phi) is 9.13. The summed E-state index contributed by atoms with van der Waals surface area (Å²) in [6.45, 7) is -5.23. The summed E-state index contributed by atoms with van der Waals surface area (Å²) in [6.07, 6.45) is 0. The molecule has 0 spiro atoms. The molecule has 0 amide bonds. The quantitative estimate of drug-likeness (QED) is 0.294. The molecule has 0 bridgehead atoms. The Bertz CT molecular complexity index is 1870. The summed E-state index contributed by atoms with van der Waals surface area (Å²) in [4.78, 5) is -19.0. The molecule has 0 saturated carbocycles. The van der Waals surface area contributed by atoms with Crippen molar-refractivity contribution in [2.75, 3.05) is 0 Å². The van der Waals surface area contributed by atoms with Gasteiger partial charge < -0.3 is 0 Å². The van der Waals surface area contributed by atoms with E-state index in [1.165, 1.54) is 0 Å². The summed E-state index contributed by atoms with van der Waals surface area (Å²) in [7, 11) is -43.4. The number of hydrogen-bond donors (Lipinski definition) is 0. The fourth-order valence-corrected chi connectivity index (χ4v) is 11.3. The monoisotopic (exact) mass is 763 g/mol. The smallest absolute Gasteiger partial charge is 0.220 e. The molecule has 0 aromatic heterocycles. The second kappa shape index (κ2) is 10.1. The van der Waals surface area contributed by atoms with Gasteiger partial charge in [0.25, 0.3) is 39.3 Å².